The molecule has 6 nitrogen and oxygen atoms in total. The normalized spacial score (nSPS) is 19.5. The Morgan fingerprint density at radius 1 is 1.25 bits per heavy atom. The van der Waals surface area contributed by atoms with Crippen LogP contribution in [0.2, 0.25) is 0 Å². The van der Waals surface area contributed by atoms with Crippen LogP contribution in [0.5, 0.6) is 5.88 Å². The summed E-state index contributed by atoms with van der Waals surface area (Å²) in [6.07, 6.45) is 4.29. The Hall–Kier alpha value is -2.97. The van der Waals surface area contributed by atoms with Crippen molar-refractivity contribution in [3.8, 4) is 5.88 Å². The highest BCUT2D eigenvalue weighted by molar-refractivity contribution is 5.90. The van der Waals surface area contributed by atoms with Crippen LogP contribution in [0.3, 0.4) is 0 Å². The molecule has 4 rings (SSSR count). The summed E-state index contributed by atoms with van der Waals surface area (Å²) in [5.74, 6) is -3.28. The van der Waals surface area contributed by atoms with Gasteiger partial charge < -0.3 is 14.0 Å². The first-order chi connectivity index (χ1) is 13.5. The van der Waals surface area contributed by atoms with Gasteiger partial charge in [0.15, 0.2) is 17.7 Å². The summed E-state index contributed by atoms with van der Waals surface area (Å²) in [7, 11) is 0. The maximum atomic E-state index is 14.7. The molecule has 0 saturated carbocycles. The molecular formula is C19H17F3N2O4. The van der Waals surface area contributed by atoms with E-state index < -0.39 is 35.3 Å². The first-order valence-corrected chi connectivity index (χ1v) is 8.93. The van der Waals surface area contributed by atoms with Gasteiger partial charge in [0.2, 0.25) is 0 Å². The number of rotatable bonds is 5. The van der Waals surface area contributed by atoms with Gasteiger partial charge in [-0.25, -0.2) is 18.0 Å². The van der Waals surface area contributed by atoms with Gasteiger partial charge in [-0.15, -0.1) is 0 Å². The second kappa shape index (κ2) is 7.57. The monoisotopic (exact) mass is 394 g/mol. The van der Waals surface area contributed by atoms with Crippen LogP contribution >= 0.6 is 0 Å². The molecule has 2 heterocycles. The molecule has 1 aromatic heterocycles. The van der Waals surface area contributed by atoms with Gasteiger partial charge in [0.1, 0.15) is 18.7 Å². The Morgan fingerprint density at radius 3 is 2.82 bits per heavy atom. The number of benzene rings is 1. The van der Waals surface area contributed by atoms with E-state index in [1.165, 1.54) is 12.3 Å². The van der Waals surface area contributed by atoms with Gasteiger partial charge in [-0.05, 0) is 36.4 Å². The molecule has 148 valence electrons. The molecule has 28 heavy (non-hydrogen) atoms. The van der Waals surface area contributed by atoms with Gasteiger partial charge in [0.25, 0.3) is 5.88 Å². The van der Waals surface area contributed by atoms with Crippen molar-refractivity contribution in [3.63, 3.8) is 0 Å². The van der Waals surface area contributed by atoms with Crippen molar-refractivity contribution in [3.05, 3.63) is 47.5 Å². The van der Waals surface area contributed by atoms with Crippen LogP contribution in [0.25, 0.3) is 5.57 Å². The minimum atomic E-state index is -1.29. The summed E-state index contributed by atoms with van der Waals surface area (Å²) in [4.78, 5) is 13.0. The molecule has 1 saturated heterocycles. The van der Waals surface area contributed by atoms with Gasteiger partial charge >= 0.3 is 6.09 Å². The van der Waals surface area contributed by atoms with Gasteiger partial charge in [0, 0.05) is 12.1 Å². The van der Waals surface area contributed by atoms with Gasteiger partial charge in [-0.1, -0.05) is 6.08 Å². The number of halogens is 3. The fourth-order valence-electron chi connectivity index (χ4n) is 3.40. The molecule has 1 aliphatic heterocycles. The third-order valence-corrected chi connectivity index (χ3v) is 4.75. The van der Waals surface area contributed by atoms with Gasteiger partial charge in [-0.2, -0.15) is 0 Å². The molecule has 0 unspecified atom stereocenters. The molecule has 1 aliphatic carbocycles. The van der Waals surface area contributed by atoms with E-state index in [1.54, 1.807) is 6.08 Å². The highest BCUT2D eigenvalue weighted by atomic mass is 19.2. The molecule has 1 aromatic carbocycles. The zero-order valence-electron chi connectivity index (χ0n) is 14.8. The summed E-state index contributed by atoms with van der Waals surface area (Å²) in [5.41, 5.74) is -0.405. The summed E-state index contributed by atoms with van der Waals surface area (Å²) in [6, 6.07) is 2.31. The Kier molecular flexibility index (Phi) is 4.97. The first kappa shape index (κ1) is 18.4. The van der Waals surface area contributed by atoms with Gasteiger partial charge in [-0.3, -0.25) is 4.90 Å². The number of aromatic nitrogens is 1. The SMILES string of the molecule is O=C1O[C@@H](COc2ccon2)CN1c1cc(F)c(C2=CCCCC2)c(F)c1F. The molecule has 1 amide bonds. The molecule has 0 bridgehead atoms. The Bertz CT molecular complexity index is 914. The molecule has 0 spiro atoms. The first-order valence-electron chi connectivity index (χ1n) is 8.93. The van der Waals surface area contributed by atoms with E-state index in [0.717, 1.165) is 23.8 Å². The predicted octanol–water partition coefficient (Wildman–Crippen LogP) is 4.45. The van der Waals surface area contributed by atoms with Crippen molar-refractivity contribution < 1.29 is 32.0 Å². The molecule has 1 atom stereocenters. The molecule has 2 aromatic rings. The van der Waals surface area contributed by atoms with Crippen LogP contribution in [0, 0.1) is 17.5 Å². The molecule has 2 aliphatic rings. The van der Waals surface area contributed by atoms with Crippen molar-refractivity contribution in [2.75, 3.05) is 18.1 Å². The lowest BCUT2D eigenvalue weighted by Gasteiger charge is -2.19. The maximum Gasteiger partial charge on any atom is 0.414 e. The van der Waals surface area contributed by atoms with Crippen molar-refractivity contribution in [1.82, 2.24) is 5.16 Å². The van der Waals surface area contributed by atoms with Crippen LogP contribution < -0.4 is 9.64 Å². The highest BCUT2D eigenvalue weighted by Crippen LogP contribution is 2.36. The van der Waals surface area contributed by atoms with E-state index in [1.807, 2.05) is 0 Å². The minimum absolute atomic E-state index is 0.0632. The lowest BCUT2D eigenvalue weighted by Crippen LogP contribution is -2.28. The number of hydrogen-bond donors (Lipinski definition) is 0. The zero-order valence-corrected chi connectivity index (χ0v) is 14.8. The summed E-state index contributed by atoms with van der Waals surface area (Å²) in [6.45, 7) is -0.180. The van der Waals surface area contributed by atoms with E-state index in [2.05, 4.69) is 9.68 Å². The average molecular weight is 394 g/mol. The third-order valence-electron chi connectivity index (χ3n) is 4.75. The quantitative estimate of drug-likeness (QED) is 0.701. The number of cyclic esters (lactones) is 1. The molecule has 0 N–H and O–H groups in total. The lowest BCUT2D eigenvalue weighted by molar-refractivity contribution is 0.101. The lowest BCUT2D eigenvalue weighted by atomic mass is 9.92. The highest BCUT2D eigenvalue weighted by Gasteiger charge is 2.36. The Balaban J connectivity index is 1.55. The largest absolute Gasteiger partial charge is 0.471 e. The van der Waals surface area contributed by atoms with Crippen molar-refractivity contribution >= 4 is 17.4 Å². The average Bonchev–Trinajstić information content (AvgIpc) is 3.33. The minimum Gasteiger partial charge on any atom is -0.471 e. The van der Waals surface area contributed by atoms with Crippen molar-refractivity contribution in [1.29, 1.82) is 0 Å². The number of amides is 1. The second-order valence-corrected chi connectivity index (χ2v) is 6.62. The van der Waals surface area contributed by atoms with Crippen LogP contribution in [0.4, 0.5) is 23.7 Å². The number of allylic oxidation sites excluding steroid dienone is 2. The number of nitrogens with zero attached hydrogens (tertiary/aromatic N) is 2. The molecule has 1 fully saturated rings. The zero-order chi connectivity index (χ0) is 19.7. The number of hydrogen-bond acceptors (Lipinski definition) is 5. The van der Waals surface area contributed by atoms with E-state index in [0.29, 0.717) is 18.4 Å². The number of carbonyl (C=O) groups excluding carboxylic acids is 1. The number of ether oxygens (including phenoxy) is 2. The predicted molar refractivity (Wildman–Crippen MR) is 92.4 cm³/mol. The van der Waals surface area contributed by atoms with Crippen molar-refractivity contribution in [2.24, 2.45) is 0 Å². The molecule has 0 radical (unpaired) electrons. The van der Waals surface area contributed by atoms with Crippen LogP contribution in [0.15, 0.2) is 29.0 Å². The van der Waals surface area contributed by atoms with Crippen molar-refractivity contribution in [2.45, 2.75) is 31.8 Å². The van der Waals surface area contributed by atoms with E-state index >= 15 is 0 Å². The fraction of sp³-hybridized carbons (Fsp3) is 0.368. The Labute approximate surface area is 158 Å². The summed E-state index contributed by atoms with van der Waals surface area (Å²) < 4.78 is 58.9. The van der Waals surface area contributed by atoms with Crippen LogP contribution in [-0.4, -0.2) is 30.5 Å². The molecule has 9 heteroatoms. The van der Waals surface area contributed by atoms with Gasteiger partial charge in [0.05, 0.1) is 17.8 Å². The van der Waals surface area contributed by atoms with E-state index in [9.17, 15) is 18.0 Å². The third kappa shape index (κ3) is 3.44. The van der Waals surface area contributed by atoms with Crippen LogP contribution in [-0.2, 0) is 4.74 Å². The molecular weight excluding hydrogens is 377 g/mol. The summed E-state index contributed by atoms with van der Waals surface area (Å²) in [5, 5.41) is 3.55. The second-order valence-electron chi connectivity index (χ2n) is 6.62. The standard InChI is InChI=1S/C19H17F3N2O4/c20-13-8-14(17(21)18(22)16(13)11-4-2-1-3-5-11)24-9-12(28-19(24)25)10-26-15-6-7-27-23-15/h4,6-8,12H,1-3,5,9-10H2/t12-/m1/s1. The Morgan fingerprint density at radius 2 is 2.11 bits per heavy atom. The maximum absolute atomic E-state index is 14.7. The topological polar surface area (TPSA) is 64.8 Å². The van der Waals surface area contributed by atoms with E-state index in [4.69, 9.17) is 9.47 Å². The summed E-state index contributed by atoms with van der Waals surface area (Å²) >= 11 is 0. The number of carbonyl (C=O) groups is 1. The fourth-order valence-corrected chi connectivity index (χ4v) is 3.40. The smallest absolute Gasteiger partial charge is 0.414 e. The number of anilines is 1. The van der Waals surface area contributed by atoms with Crippen LogP contribution in [0.1, 0.15) is 31.2 Å². The van der Waals surface area contributed by atoms with E-state index in [-0.39, 0.29) is 24.6 Å².